The van der Waals surface area contributed by atoms with E-state index in [1.54, 1.807) is 0 Å². The number of rotatable bonds is 3. The molecule has 0 aromatic heterocycles. The maximum Gasteiger partial charge on any atom is 0.494 e. The monoisotopic (exact) mass is 384 g/mol. The van der Waals surface area contributed by atoms with E-state index < -0.39 is 8.32 Å². The van der Waals surface area contributed by atoms with Crippen LogP contribution in [0.3, 0.4) is 0 Å². The molecular weight excluding hydrogens is 351 g/mol. The fourth-order valence-electron chi connectivity index (χ4n) is 2.88. The van der Waals surface area contributed by atoms with Crippen molar-refractivity contribution >= 4 is 31.7 Å². The highest BCUT2D eigenvalue weighted by Crippen LogP contribution is 2.38. The summed E-state index contributed by atoms with van der Waals surface area (Å²) in [4.78, 5) is 0. The van der Waals surface area contributed by atoms with Crippen molar-refractivity contribution < 1.29 is 13.7 Å². The maximum absolute atomic E-state index is 6.48. The second kappa shape index (κ2) is 6.36. The molecule has 1 aliphatic rings. The molecule has 1 heterocycles. The highest BCUT2D eigenvalue weighted by Gasteiger charge is 2.51. The van der Waals surface area contributed by atoms with Crippen molar-refractivity contribution in [3.8, 4) is 5.75 Å². The normalized spacial score (nSPS) is 19.5. The van der Waals surface area contributed by atoms with Crippen molar-refractivity contribution in [3.63, 3.8) is 0 Å². The van der Waals surface area contributed by atoms with Gasteiger partial charge in [0, 0.05) is 0 Å². The molecule has 3 nitrogen and oxygen atoms in total. The van der Waals surface area contributed by atoms with Gasteiger partial charge in [-0.2, -0.15) is 0 Å². The molecule has 0 spiro atoms. The summed E-state index contributed by atoms with van der Waals surface area (Å²) < 4.78 is 18.9. The van der Waals surface area contributed by atoms with Crippen LogP contribution in [0, 0.1) is 0 Å². The van der Waals surface area contributed by atoms with E-state index in [1.165, 1.54) is 5.39 Å². The number of benzene rings is 2. The van der Waals surface area contributed by atoms with Crippen LogP contribution in [-0.4, -0.2) is 26.6 Å². The summed E-state index contributed by atoms with van der Waals surface area (Å²) in [6.07, 6.45) is 0. The number of hydrogen-bond acceptors (Lipinski definition) is 3. The summed E-state index contributed by atoms with van der Waals surface area (Å²) in [5.41, 5.74) is 0.380. The van der Waals surface area contributed by atoms with Gasteiger partial charge in [0.2, 0.25) is 8.32 Å². The van der Waals surface area contributed by atoms with Crippen LogP contribution in [-0.2, 0) is 9.31 Å². The summed E-state index contributed by atoms with van der Waals surface area (Å²) >= 11 is 0. The second-order valence-corrected chi connectivity index (χ2v) is 14.9. The molecule has 146 valence electrons. The van der Waals surface area contributed by atoms with Gasteiger partial charge in [0.15, 0.2) is 0 Å². The SMILES string of the molecule is CC1(C)OB(c2ccc3ccc(O[Si](C)(C)C(C)(C)C)cc3c2)OC1(C)C. The van der Waals surface area contributed by atoms with Crippen LogP contribution >= 0.6 is 0 Å². The highest BCUT2D eigenvalue weighted by atomic mass is 28.4. The van der Waals surface area contributed by atoms with Crippen molar-refractivity contribution in [1.29, 1.82) is 0 Å². The molecule has 27 heavy (non-hydrogen) atoms. The summed E-state index contributed by atoms with van der Waals surface area (Å²) in [5.74, 6) is 0.945. The van der Waals surface area contributed by atoms with Crippen LogP contribution in [0.15, 0.2) is 36.4 Å². The molecular formula is C22H33BO3Si. The van der Waals surface area contributed by atoms with E-state index in [2.05, 4.69) is 98.0 Å². The van der Waals surface area contributed by atoms with E-state index in [0.717, 1.165) is 16.6 Å². The zero-order valence-corrected chi connectivity index (χ0v) is 19.3. The van der Waals surface area contributed by atoms with Gasteiger partial charge in [-0.1, -0.05) is 45.0 Å². The van der Waals surface area contributed by atoms with Gasteiger partial charge >= 0.3 is 7.12 Å². The van der Waals surface area contributed by atoms with Crippen molar-refractivity contribution in [2.45, 2.75) is 77.8 Å². The Balaban J connectivity index is 1.92. The van der Waals surface area contributed by atoms with Gasteiger partial charge in [-0.05, 0) is 74.2 Å². The van der Waals surface area contributed by atoms with Crippen molar-refractivity contribution in [2.75, 3.05) is 0 Å². The van der Waals surface area contributed by atoms with Gasteiger partial charge in [-0.25, -0.2) is 0 Å². The predicted molar refractivity (Wildman–Crippen MR) is 117 cm³/mol. The first-order chi connectivity index (χ1) is 12.2. The Hall–Kier alpha value is -1.30. The largest absolute Gasteiger partial charge is 0.543 e. The van der Waals surface area contributed by atoms with E-state index in [1.807, 2.05) is 0 Å². The Morgan fingerprint density at radius 2 is 1.41 bits per heavy atom. The van der Waals surface area contributed by atoms with Crippen molar-refractivity contribution in [2.24, 2.45) is 0 Å². The third kappa shape index (κ3) is 3.82. The highest BCUT2D eigenvalue weighted by molar-refractivity contribution is 6.74. The minimum atomic E-state index is -1.86. The van der Waals surface area contributed by atoms with Gasteiger partial charge in [-0.3, -0.25) is 0 Å². The molecule has 0 unspecified atom stereocenters. The lowest BCUT2D eigenvalue weighted by Gasteiger charge is -2.36. The predicted octanol–water partition coefficient (Wildman–Crippen LogP) is 5.52. The first-order valence-corrected chi connectivity index (χ1v) is 12.7. The summed E-state index contributed by atoms with van der Waals surface area (Å²) in [6, 6.07) is 12.7. The van der Waals surface area contributed by atoms with Gasteiger partial charge in [-0.15, -0.1) is 0 Å². The minimum absolute atomic E-state index is 0.173. The molecule has 1 aliphatic heterocycles. The first-order valence-electron chi connectivity index (χ1n) is 9.80. The molecule has 2 aromatic rings. The molecule has 0 N–H and O–H groups in total. The lowest BCUT2D eigenvalue weighted by Crippen LogP contribution is -2.43. The van der Waals surface area contributed by atoms with Crippen LogP contribution in [0.25, 0.3) is 10.8 Å². The van der Waals surface area contributed by atoms with Crippen molar-refractivity contribution in [3.05, 3.63) is 36.4 Å². The lowest BCUT2D eigenvalue weighted by molar-refractivity contribution is 0.00578. The van der Waals surface area contributed by atoms with E-state index in [0.29, 0.717) is 0 Å². The molecule has 0 amide bonds. The average Bonchev–Trinajstić information content (AvgIpc) is 2.73. The van der Waals surface area contributed by atoms with Gasteiger partial charge in [0.25, 0.3) is 0 Å². The second-order valence-electron chi connectivity index (χ2n) is 10.2. The van der Waals surface area contributed by atoms with Crippen LogP contribution in [0.2, 0.25) is 18.1 Å². The van der Waals surface area contributed by atoms with Crippen LogP contribution in [0.5, 0.6) is 5.75 Å². The maximum atomic E-state index is 6.48. The van der Waals surface area contributed by atoms with Gasteiger partial charge in [0.05, 0.1) is 11.2 Å². The zero-order valence-electron chi connectivity index (χ0n) is 18.3. The Kier molecular flexibility index (Phi) is 4.82. The molecule has 1 fully saturated rings. The Morgan fingerprint density at radius 3 is 1.96 bits per heavy atom. The Labute approximate surface area is 165 Å². The van der Waals surface area contributed by atoms with E-state index in [9.17, 15) is 0 Å². The van der Waals surface area contributed by atoms with Crippen LogP contribution < -0.4 is 9.89 Å². The average molecular weight is 384 g/mol. The quantitative estimate of drug-likeness (QED) is 0.652. The van der Waals surface area contributed by atoms with E-state index in [4.69, 9.17) is 13.7 Å². The van der Waals surface area contributed by atoms with Crippen LogP contribution in [0.1, 0.15) is 48.5 Å². The fourth-order valence-corrected chi connectivity index (χ4v) is 3.90. The Morgan fingerprint density at radius 1 is 0.852 bits per heavy atom. The molecule has 2 aromatic carbocycles. The lowest BCUT2D eigenvalue weighted by atomic mass is 9.78. The van der Waals surface area contributed by atoms with Gasteiger partial charge in [0.1, 0.15) is 5.75 Å². The molecule has 3 rings (SSSR count). The molecule has 1 saturated heterocycles. The summed E-state index contributed by atoms with van der Waals surface area (Å²) in [7, 11) is -2.20. The van der Waals surface area contributed by atoms with E-state index >= 15 is 0 Å². The van der Waals surface area contributed by atoms with Crippen LogP contribution in [0.4, 0.5) is 0 Å². The first kappa shape index (κ1) is 20.4. The Bertz CT molecular complexity index is 836. The minimum Gasteiger partial charge on any atom is -0.543 e. The third-order valence-electron chi connectivity index (χ3n) is 6.54. The molecule has 0 saturated carbocycles. The molecule has 0 atom stereocenters. The standard InChI is InChI=1S/C22H33BO3Si/c1-20(2,3)27(8,9)24-19-13-11-16-10-12-18(14-17(16)15-19)23-25-21(4,5)22(6,7)26-23/h10-15H,1-9H3. The molecule has 0 aliphatic carbocycles. The summed E-state index contributed by atoms with van der Waals surface area (Å²) in [5, 5.41) is 2.52. The molecule has 0 bridgehead atoms. The van der Waals surface area contributed by atoms with E-state index in [-0.39, 0.29) is 23.4 Å². The number of fused-ring (bicyclic) bond motifs is 1. The third-order valence-corrected chi connectivity index (χ3v) is 10.9. The number of hydrogen-bond donors (Lipinski definition) is 0. The molecule has 0 radical (unpaired) electrons. The summed E-state index contributed by atoms with van der Waals surface area (Å²) in [6.45, 7) is 19.7. The van der Waals surface area contributed by atoms with Gasteiger partial charge < -0.3 is 13.7 Å². The van der Waals surface area contributed by atoms with Crippen molar-refractivity contribution in [1.82, 2.24) is 0 Å². The fraction of sp³-hybridized carbons (Fsp3) is 0.545. The zero-order chi connectivity index (χ0) is 20.3. The smallest absolute Gasteiger partial charge is 0.494 e. The molecule has 5 heteroatoms. The topological polar surface area (TPSA) is 27.7 Å².